The van der Waals surface area contributed by atoms with E-state index in [1.807, 2.05) is 0 Å². The van der Waals surface area contributed by atoms with Crippen molar-refractivity contribution in [1.29, 1.82) is 0 Å². The summed E-state index contributed by atoms with van der Waals surface area (Å²) < 4.78 is 10.4. The van der Waals surface area contributed by atoms with Gasteiger partial charge in [-0.1, -0.05) is 18.2 Å². The molecule has 0 aliphatic carbocycles. The number of ether oxygens (including phenoxy) is 2. The van der Waals surface area contributed by atoms with Gasteiger partial charge in [-0.2, -0.15) is 0 Å². The van der Waals surface area contributed by atoms with Crippen molar-refractivity contribution in [2.24, 2.45) is 0 Å². The number of nitrogens with one attached hydrogen (secondary N) is 2. The van der Waals surface area contributed by atoms with Gasteiger partial charge in [0.05, 0.1) is 41.5 Å². The number of carbonyl (C=O) groups is 3. The first kappa shape index (κ1) is 28.2. The fourth-order valence-electron chi connectivity index (χ4n) is 3.35. The fourth-order valence-corrected chi connectivity index (χ4v) is 3.35. The Balaban J connectivity index is 1.65. The molecule has 0 bridgehead atoms. The van der Waals surface area contributed by atoms with E-state index >= 15 is 0 Å². The zero-order chi connectivity index (χ0) is 28.2. The van der Waals surface area contributed by atoms with Gasteiger partial charge in [0.15, 0.2) is 0 Å². The smallest absolute Gasteiger partial charge is 0.336 e. The molecule has 0 saturated heterocycles. The van der Waals surface area contributed by atoms with Gasteiger partial charge >= 0.3 is 11.9 Å². The zero-order valence-corrected chi connectivity index (χ0v) is 20.4. The third kappa shape index (κ3) is 8.34. The third-order valence-corrected chi connectivity index (χ3v) is 5.15. The molecule has 3 rings (SSSR count). The minimum atomic E-state index is -0.970. The molecule has 1 aromatic carbocycles. The van der Waals surface area contributed by atoms with Crippen LogP contribution in [0.25, 0.3) is 5.70 Å². The van der Waals surface area contributed by atoms with Crippen molar-refractivity contribution in [3.63, 3.8) is 0 Å². The first-order valence-corrected chi connectivity index (χ1v) is 11.5. The average molecular weight is 541 g/mol. The Morgan fingerprint density at radius 2 is 1.79 bits per heavy atom. The summed E-state index contributed by atoms with van der Waals surface area (Å²) in [5.41, 5.74) is 0.522. The van der Waals surface area contributed by atoms with Gasteiger partial charge in [-0.15, -0.1) is 10.1 Å². The van der Waals surface area contributed by atoms with Crippen LogP contribution in [0.2, 0.25) is 0 Å². The predicted octanol–water partition coefficient (Wildman–Crippen LogP) is 1.69. The van der Waals surface area contributed by atoms with Crippen molar-refractivity contribution in [2.75, 3.05) is 26.4 Å². The van der Waals surface area contributed by atoms with Crippen LogP contribution in [0.3, 0.4) is 0 Å². The maximum Gasteiger partial charge on any atom is 0.336 e. The van der Waals surface area contributed by atoms with E-state index in [0.29, 0.717) is 5.56 Å². The summed E-state index contributed by atoms with van der Waals surface area (Å²) in [6.07, 6.45) is 2.59. The van der Waals surface area contributed by atoms with E-state index in [2.05, 4.69) is 20.5 Å². The summed E-state index contributed by atoms with van der Waals surface area (Å²) in [5, 5.41) is 25.9. The molecule has 0 atom stereocenters. The van der Waals surface area contributed by atoms with Gasteiger partial charge < -0.3 is 24.9 Å². The first-order chi connectivity index (χ1) is 18.8. The lowest BCUT2D eigenvalue weighted by molar-refractivity contribution is -0.757. The number of benzene rings is 1. The number of nitro benzene ring substituents is 1. The van der Waals surface area contributed by atoms with Gasteiger partial charge in [0.1, 0.15) is 12.3 Å². The molecule has 0 spiro atoms. The van der Waals surface area contributed by atoms with Gasteiger partial charge in [-0.3, -0.25) is 19.9 Å². The predicted molar refractivity (Wildman–Crippen MR) is 132 cm³/mol. The molecule has 1 aromatic heterocycles. The lowest BCUT2D eigenvalue weighted by Gasteiger charge is -2.21. The quantitative estimate of drug-likeness (QED) is 0.161. The van der Waals surface area contributed by atoms with Crippen LogP contribution >= 0.6 is 0 Å². The lowest BCUT2D eigenvalue weighted by Crippen LogP contribution is -2.29. The molecule has 0 fully saturated rings. The summed E-state index contributed by atoms with van der Waals surface area (Å²) in [6.45, 7) is -0.647. The molecule has 0 saturated carbocycles. The van der Waals surface area contributed by atoms with Gasteiger partial charge in [0.2, 0.25) is 0 Å². The number of rotatable bonds is 13. The number of dihydropyridines is 1. The van der Waals surface area contributed by atoms with E-state index in [0.717, 1.165) is 0 Å². The van der Waals surface area contributed by atoms with Crippen molar-refractivity contribution >= 4 is 29.2 Å². The number of amides is 1. The summed E-state index contributed by atoms with van der Waals surface area (Å²) in [6, 6.07) is 10.4. The van der Waals surface area contributed by atoms with Crippen molar-refractivity contribution in [3.05, 3.63) is 97.5 Å². The topological polar surface area (TPSA) is 202 Å². The Morgan fingerprint density at radius 3 is 2.51 bits per heavy atom. The van der Waals surface area contributed by atoms with Crippen molar-refractivity contribution in [1.82, 2.24) is 15.6 Å². The highest BCUT2D eigenvalue weighted by Gasteiger charge is 2.27. The molecule has 1 aliphatic heterocycles. The molecule has 1 amide bonds. The molecule has 204 valence electrons. The number of pyridine rings is 1. The van der Waals surface area contributed by atoms with Crippen LogP contribution in [0, 0.1) is 20.2 Å². The first-order valence-electron chi connectivity index (χ1n) is 11.5. The number of esters is 2. The number of carbonyl (C=O) groups excluding carboxylic acids is 3. The number of nitrogens with zero attached hydrogens (tertiary/aromatic N) is 3. The zero-order valence-electron chi connectivity index (χ0n) is 20.4. The maximum atomic E-state index is 12.9. The van der Waals surface area contributed by atoms with Crippen molar-refractivity contribution in [2.45, 2.75) is 12.8 Å². The number of aromatic nitrogens is 1. The average Bonchev–Trinajstić information content (AvgIpc) is 2.94. The van der Waals surface area contributed by atoms with E-state index < -0.39 is 27.9 Å². The van der Waals surface area contributed by atoms with E-state index in [9.17, 15) is 34.6 Å². The number of hydrogen-bond donors (Lipinski definition) is 2. The second-order valence-electron chi connectivity index (χ2n) is 7.80. The summed E-state index contributed by atoms with van der Waals surface area (Å²) in [7, 11) is 0. The standard InChI is InChI=1S/C24H23N5O10/c30-22(20-7-1-2-8-25-20)26-9-12-38-23(31)17-14-19(24(32)37-10-4-11-39-29(35)36)21(27-15-17)16-5-3-6-18(13-16)28(33)34/h1-3,5-8,13,15,27H,4,9-12,14H2,(H,26,30). The van der Waals surface area contributed by atoms with Crippen LogP contribution in [0.1, 0.15) is 28.9 Å². The van der Waals surface area contributed by atoms with Crippen LogP contribution in [0.4, 0.5) is 5.69 Å². The number of non-ortho nitro benzene ring substituents is 1. The molecule has 1 aliphatic rings. The summed E-state index contributed by atoms with van der Waals surface area (Å²) in [4.78, 5) is 66.5. The number of hydrogen-bond acceptors (Lipinski definition) is 12. The van der Waals surface area contributed by atoms with Gasteiger partial charge in [0.25, 0.3) is 16.7 Å². The molecule has 2 heterocycles. The van der Waals surface area contributed by atoms with Crippen molar-refractivity contribution < 1.29 is 38.7 Å². The highest BCUT2D eigenvalue weighted by Crippen LogP contribution is 2.29. The Morgan fingerprint density at radius 1 is 1.00 bits per heavy atom. The van der Waals surface area contributed by atoms with Crippen LogP contribution < -0.4 is 10.6 Å². The Bertz CT molecular complexity index is 1310. The third-order valence-electron chi connectivity index (χ3n) is 5.15. The molecule has 2 aromatic rings. The molecule has 39 heavy (non-hydrogen) atoms. The van der Waals surface area contributed by atoms with Gasteiger partial charge in [-0.25, -0.2) is 9.59 Å². The van der Waals surface area contributed by atoms with E-state index in [1.54, 1.807) is 12.1 Å². The maximum absolute atomic E-state index is 12.9. The Kier molecular flexibility index (Phi) is 10.0. The van der Waals surface area contributed by atoms with Crippen LogP contribution in [0.15, 0.2) is 66.0 Å². The highest BCUT2D eigenvalue weighted by atomic mass is 16.9. The van der Waals surface area contributed by atoms with Crippen LogP contribution in [0.5, 0.6) is 0 Å². The molecular formula is C24H23N5O10. The van der Waals surface area contributed by atoms with Gasteiger partial charge in [0, 0.05) is 42.9 Å². The molecule has 15 nitrogen and oxygen atoms in total. The minimum absolute atomic E-state index is 0.0106. The summed E-state index contributed by atoms with van der Waals surface area (Å²) in [5.74, 6) is -2.05. The molecule has 0 radical (unpaired) electrons. The Labute approximate surface area is 220 Å². The normalized spacial score (nSPS) is 12.5. The molecule has 15 heteroatoms. The van der Waals surface area contributed by atoms with Crippen LogP contribution in [-0.4, -0.2) is 59.2 Å². The fraction of sp³-hybridized carbons (Fsp3) is 0.250. The van der Waals surface area contributed by atoms with Crippen LogP contribution in [-0.2, 0) is 23.9 Å². The molecular weight excluding hydrogens is 518 g/mol. The molecule has 2 N–H and O–H groups in total. The van der Waals surface area contributed by atoms with Crippen molar-refractivity contribution in [3.8, 4) is 0 Å². The van der Waals surface area contributed by atoms with E-state index in [-0.39, 0.29) is 67.4 Å². The Hall–Kier alpha value is -5.34. The lowest BCUT2D eigenvalue weighted by atomic mass is 9.96. The van der Waals surface area contributed by atoms with E-state index in [1.165, 1.54) is 42.7 Å². The SMILES string of the molecule is O=C(OCCNC(=O)c1ccccn1)C1=CNC(c2cccc([N+](=O)[O-])c2)=C(C(=O)OCCCO[N+](=O)[O-])C1. The van der Waals surface area contributed by atoms with E-state index in [4.69, 9.17) is 9.47 Å². The number of nitro groups is 1. The second kappa shape index (κ2) is 13.8. The second-order valence-corrected chi connectivity index (χ2v) is 7.80. The minimum Gasteiger partial charge on any atom is -0.462 e. The largest absolute Gasteiger partial charge is 0.462 e. The molecule has 0 unspecified atom stereocenters. The summed E-state index contributed by atoms with van der Waals surface area (Å²) >= 11 is 0. The highest BCUT2D eigenvalue weighted by molar-refractivity contribution is 6.02. The van der Waals surface area contributed by atoms with Gasteiger partial charge in [-0.05, 0) is 12.1 Å². The monoisotopic (exact) mass is 541 g/mol.